The molecule has 72 valence electrons. The van der Waals surface area contributed by atoms with Crippen LogP contribution in [0.4, 0.5) is 0 Å². The Morgan fingerprint density at radius 1 is 1.69 bits per heavy atom. The number of hydrogen-bond donors (Lipinski definition) is 1. The van der Waals surface area contributed by atoms with E-state index in [4.69, 9.17) is 11.6 Å². The van der Waals surface area contributed by atoms with E-state index in [1.165, 1.54) is 12.8 Å². The Balaban J connectivity index is 1.82. The highest BCUT2D eigenvalue weighted by molar-refractivity contribution is 6.29. The van der Waals surface area contributed by atoms with Gasteiger partial charge in [0, 0.05) is 6.54 Å². The van der Waals surface area contributed by atoms with Crippen LogP contribution >= 0.6 is 11.6 Å². The molecular weight excluding hydrogens is 186 g/mol. The van der Waals surface area contributed by atoms with E-state index in [2.05, 4.69) is 10.4 Å². The molecule has 1 aliphatic heterocycles. The Morgan fingerprint density at radius 2 is 2.62 bits per heavy atom. The molecule has 0 amide bonds. The van der Waals surface area contributed by atoms with E-state index in [0.717, 1.165) is 30.7 Å². The third-order valence-electron chi connectivity index (χ3n) is 2.58. The zero-order valence-electron chi connectivity index (χ0n) is 7.54. The van der Waals surface area contributed by atoms with Gasteiger partial charge in [-0.05, 0) is 37.9 Å². The Kier molecular flexibility index (Phi) is 2.86. The summed E-state index contributed by atoms with van der Waals surface area (Å²) in [5.41, 5.74) is 0. The van der Waals surface area contributed by atoms with E-state index in [0.29, 0.717) is 0 Å². The fourth-order valence-electron chi connectivity index (χ4n) is 1.75. The Labute approximate surface area is 83.1 Å². The van der Waals surface area contributed by atoms with Crippen molar-refractivity contribution in [3.8, 4) is 0 Å². The molecule has 0 bridgehead atoms. The summed E-state index contributed by atoms with van der Waals surface area (Å²) in [5.74, 6) is 0.806. The Hall–Kier alpha value is -0.540. The van der Waals surface area contributed by atoms with Gasteiger partial charge in [0.15, 0.2) is 0 Å². The molecule has 2 heterocycles. The van der Waals surface area contributed by atoms with Crippen molar-refractivity contribution in [1.82, 2.24) is 15.1 Å². The minimum absolute atomic E-state index is 0.742. The van der Waals surface area contributed by atoms with Crippen molar-refractivity contribution in [2.75, 3.05) is 13.1 Å². The van der Waals surface area contributed by atoms with E-state index in [9.17, 15) is 0 Å². The molecule has 4 heteroatoms. The summed E-state index contributed by atoms with van der Waals surface area (Å²) < 4.78 is 1.86. The van der Waals surface area contributed by atoms with E-state index < -0.39 is 0 Å². The molecule has 2 rings (SSSR count). The second-order valence-electron chi connectivity index (χ2n) is 3.52. The maximum atomic E-state index is 5.91. The lowest BCUT2D eigenvalue weighted by molar-refractivity contribution is 0.458. The van der Waals surface area contributed by atoms with Crippen molar-refractivity contribution in [1.29, 1.82) is 0 Å². The summed E-state index contributed by atoms with van der Waals surface area (Å²) in [6.07, 6.45) is 4.21. The van der Waals surface area contributed by atoms with Crippen molar-refractivity contribution in [2.24, 2.45) is 5.92 Å². The summed E-state index contributed by atoms with van der Waals surface area (Å²) in [5, 5.41) is 8.24. The number of nitrogens with zero attached hydrogens (tertiary/aromatic N) is 2. The van der Waals surface area contributed by atoms with Crippen LogP contribution in [0.25, 0.3) is 0 Å². The van der Waals surface area contributed by atoms with Crippen LogP contribution < -0.4 is 5.32 Å². The normalized spacial score (nSPS) is 22.4. The zero-order valence-corrected chi connectivity index (χ0v) is 8.30. The van der Waals surface area contributed by atoms with Crippen LogP contribution in [0.3, 0.4) is 0 Å². The summed E-state index contributed by atoms with van der Waals surface area (Å²) in [6.45, 7) is 3.26. The molecule has 1 atom stereocenters. The van der Waals surface area contributed by atoms with E-state index in [-0.39, 0.29) is 0 Å². The largest absolute Gasteiger partial charge is 0.316 e. The van der Waals surface area contributed by atoms with Crippen molar-refractivity contribution >= 4 is 11.6 Å². The maximum absolute atomic E-state index is 5.91. The second kappa shape index (κ2) is 4.11. The highest BCUT2D eigenvalue weighted by Gasteiger charge is 2.14. The van der Waals surface area contributed by atoms with Crippen LogP contribution in [0.2, 0.25) is 5.15 Å². The first kappa shape index (κ1) is 9.03. The average molecular weight is 200 g/mol. The van der Waals surface area contributed by atoms with Crippen LogP contribution in [0.1, 0.15) is 12.8 Å². The van der Waals surface area contributed by atoms with E-state index in [1.54, 1.807) is 6.20 Å². The summed E-state index contributed by atoms with van der Waals surface area (Å²) in [7, 11) is 0. The first-order chi connectivity index (χ1) is 6.36. The highest BCUT2D eigenvalue weighted by atomic mass is 35.5. The van der Waals surface area contributed by atoms with Gasteiger partial charge < -0.3 is 5.32 Å². The molecule has 1 unspecified atom stereocenters. The molecule has 0 aliphatic carbocycles. The molecular formula is C9H14ClN3. The molecule has 1 aromatic rings. The third kappa shape index (κ3) is 2.23. The molecule has 0 saturated carbocycles. The van der Waals surface area contributed by atoms with Gasteiger partial charge in [-0.3, -0.25) is 4.68 Å². The van der Waals surface area contributed by atoms with Gasteiger partial charge in [-0.15, -0.1) is 0 Å². The summed E-state index contributed by atoms with van der Waals surface area (Å²) >= 11 is 5.91. The highest BCUT2D eigenvalue weighted by Crippen LogP contribution is 2.15. The number of aromatic nitrogens is 2. The minimum atomic E-state index is 0.742. The molecule has 1 saturated heterocycles. The van der Waals surface area contributed by atoms with Crippen molar-refractivity contribution in [3.63, 3.8) is 0 Å². The van der Waals surface area contributed by atoms with Crippen LogP contribution in [0, 0.1) is 5.92 Å². The van der Waals surface area contributed by atoms with Crippen molar-refractivity contribution in [2.45, 2.75) is 19.4 Å². The summed E-state index contributed by atoms with van der Waals surface area (Å²) in [4.78, 5) is 0. The van der Waals surface area contributed by atoms with Gasteiger partial charge in [0.2, 0.25) is 0 Å². The van der Waals surface area contributed by atoms with Gasteiger partial charge in [-0.2, -0.15) is 5.10 Å². The van der Waals surface area contributed by atoms with Gasteiger partial charge >= 0.3 is 0 Å². The molecule has 13 heavy (non-hydrogen) atoms. The topological polar surface area (TPSA) is 29.9 Å². The number of nitrogens with one attached hydrogen (secondary N) is 1. The lowest BCUT2D eigenvalue weighted by atomic mass is 10.1. The van der Waals surface area contributed by atoms with Crippen LogP contribution in [0.15, 0.2) is 12.3 Å². The van der Waals surface area contributed by atoms with Crippen LogP contribution in [-0.2, 0) is 6.54 Å². The number of halogens is 1. The lowest BCUT2D eigenvalue weighted by Gasteiger charge is -2.08. The van der Waals surface area contributed by atoms with Gasteiger partial charge in [0.1, 0.15) is 5.15 Å². The van der Waals surface area contributed by atoms with Gasteiger partial charge in [0.25, 0.3) is 0 Å². The average Bonchev–Trinajstić information content (AvgIpc) is 2.72. The van der Waals surface area contributed by atoms with E-state index in [1.807, 2.05) is 10.7 Å². The number of rotatable bonds is 3. The third-order valence-corrected chi connectivity index (χ3v) is 2.90. The second-order valence-corrected chi connectivity index (χ2v) is 3.91. The minimum Gasteiger partial charge on any atom is -0.316 e. The number of aryl methyl sites for hydroxylation is 1. The number of hydrogen-bond acceptors (Lipinski definition) is 2. The zero-order chi connectivity index (χ0) is 9.10. The molecule has 0 radical (unpaired) electrons. The molecule has 0 spiro atoms. The van der Waals surface area contributed by atoms with Gasteiger partial charge in [-0.1, -0.05) is 11.6 Å². The van der Waals surface area contributed by atoms with Crippen molar-refractivity contribution < 1.29 is 0 Å². The molecule has 0 aromatic carbocycles. The fraction of sp³-hybridized carbons (Fsp3) is 0.667. The first-order valence-corrected chi connectivity index (χ1v) is 5.12. The smallest absolute Gasteiger partial charge is 0.127 e. The Bertz CT molecular complexity index is 266. The van der Waals surface area contributed by atoms with Gasteiger partial charge in [-0.25, -0.2) is 0 Å². The van der Waals surface area contributed by atoms with Crippen LogP contribution in [0.5, 0.6) is 0 Å². The molecule has 1 N–H and O–H groups in total. The fourth-order valence-corrected chi connectivity index (χ4v) is 1.93. The maximum Gasteiger partial charge on any atom is 0.127 e. The Morgan fingerprint density at radius 3 is 3.23 bits per heavy atom. The predicted octanol–water partition coefficient (Wildman–Crippen LogP) is 1.54. The SMILES string of the molecule is Clc1ccnn1CCC1CCNC1. The van der Waals surface area contributed by atoms with Crippen molar-refractivity contribution in [3.05, 3.63) is 17.4 Å². The van der Waals surface area contributed by atoms with Crippen LogP contribution in [-0.4, -0.2) is 22.9 Å². The van der Waals surface area contributed by atoms with E-state index >= 15 is 0 Å². The molecule has 3 nitrogen and oxygen atoms in total. The molecule has 1 aromatic heterocycles. The first-order valence-electron chi connectivity index (χ1n) is 4.74. The molecule has 1 aliphatic rings. The summed E-state index contributed by atoms with van der Waals surface area (Å²) in [6, 6.07) is 1.83. The van der Waals surface area contributed by atoms with Gasteiger partial charge in [0.05, 0.1) is 6.20 Å². The standard InChI is InChI=1S/C9H14ClN3/c10-9-2-5-12-13(9)6-3-8-1-4-11-7-8/h2,5,8,11H,1,3-4,6-7H2. The quantitative estimate of drug-likeness (QED) is 0.801. The monoisotopic (exact) mass is 199 g/mol. The lowest BCUT2D eigenvalue weighted by Crippen LogP contribution is -2.11. The molecule has 1 fully saturated rings. The predicted molar refractivity (Wildman–Crippen MR) is 52.8 cm³/mol.